The Hall–Kier alpha value is -0.830. The van der Waals surface area contributed by atoms with E-state index >= 15 is 0 Å². The Morgan fingerprint density at radius 3 is 2.64 bits per heavy atom. The number of nitrogens with zero attached hydrogens (tertiary/aromatic N) is 1. The fraction of sp³-hybridized carbons (Fsp3) is 0.727. The summed E-state index contributed by atoms with van der Waals surface area (Å²) in [7, 11) is 0. The van der Waals surface area contributed by atoms with Crippen molar-refractivity contribution >= 4 is 5.91 Å². The maximum atomic E-state index is 11.7. The largest absolute Gasteiger partial charge is 0.339 e. The van der Waals surface area contributed by atoms with Crippen LogP contribution in [0.15, 0.2) is 12.7 Å². The third-order valence-corrected chi connectivity index (χ3v) is 1.97. The highest BCUT2D eigenvalue weighted by Gasteiger charge is 2.14. The van der Waals surface area contributed by atoms with Crippen molar-refractivity contribution in [2.45, 2.75) is 33.2 Å². The van der Waals surface area contributed by atoms with Gasteiger partial charge in [-0.25, -0.2) is 0 Å². The summed E-state index contributed by atoms with van der Waals surface area (Å²) in [5, 5.41) is 3.02. The second kappa shape index (κ2) is 7.56. The van der Waals surface area contributed by atoms with Gasteiger partial charge in [0.1, 0.15) is 0 Å². The Morgan fingerprint density at radius 1 is 1.57 bits per heavy atom. The number of hydrogen-bond donors (Lipinski definition) is 1. The normalized spacial score (nSPS) is 10.3. The minimum absolute atomic E-state index is 0.170. The van der Waals surface area contributed by atoms with E-state index in [-0.39, 0.29) is 11.9 Å². The lowest BCUT2D eigenvalue weighted by molar-refractivity contribution is -0.131. The van der Waals surface area contributed by atoms with Gasteiger partial charge in [-0.15, -0.1) is 6.58 Å². The molecule has 0 atom stereocenters. The van der Waals surface area contributed by atoms with E-state index in [0.717, 1.165) is 13.0 Å². The van der Waals surface area contributed by atoms with Gasteiger partial charge in [-0.3, -0.25) is 4.79 Å². The molecule has 82 valence electrons. The second-order valence-corrected chi connectivity index (χ2v) is 3.60. The predicted molar refractivity (Wildman–Crippen MR) is 60.2 cm³/mol. The smallest absolute Gasteiger partial charge is 0.236 e. The lowest BCUT2D eigenvalue weighted by atomic mass is 10.3. The zero-order valence-electron chi connectivity index (χ0n) is 9.55. The zero-order chi connectivity index (χ0) is 11.0. The van der Waals surface area contributed by atoms with Crippen molar-refractivity contribution in [1.29, 1.82) is 0 Å². The molecule has 0 saturated carbocycles. The van der Waals surface area contributed by atoms with Gasteiger partial charge in [-0.1, -0.05) is 13.0 Å². The number of nitrogens with one attached hydrogen (secondary N) is 1. The zero-order valence-corrected chi connectivity index (χ0v) is 9.55. The molecule has 1 N–H and O–H groups in total. The van der Waals surface area contributed by atoms with Gasteiger partial charge in [0.15, 0.2) is 0 Å². The van der Waals surface area contributed by atoms with Crippen molar-refractivity contribution < 1.29 is 4.79 Å². The van der Waals surface area contributed by atoms with Crippen LogP contribution >= 0.6 is 0 Å². The summed E-state index contributed by atoms with van der Waals surface area (Å²) in [6.45, 7) is 11.7. The van der Waals surface area contributed by atoms with Gasteiger partial charge in [-0.2, -0.15) is 0 Å². The molecule has 0 heterocycles. The fourth-order valence-electron chi connectivity index (χ4n) is 1.29. The number of rotatable bonds is 7. The van der Waals surface area contributed by atoms with Crippen LogP contribution in [-0.2, 0) is 4.79 Å². The molecule has 0 aromatic rings. The van der Waals surface area contributed by atoms with Crippen molar-refractivity contribution in [2.75, 3.05) is 19.6 Å². The summed E-state index contributed by atoms with van der Waals surface area (Å²) in [5.74, 6) is 0.170. The van der Waals surface area contributed by atoms with Crippen LogP contribution in [0.3, 0.4) is 0 Å². The van der Waals surface area contributed by atoms with Crippen molar-refractivity contribution in [1.82, 2.24) is 10.2 Å². The lowest BCUT2D eigenvalue weighted by Gasteiger charge is -2.26. The summed E-state index contributed by atoms with van der Waals surface area (Å²) in [6, 6.07) is 0.285. The van der Waals surface area contributed by atoms with Gasteiger partial charge >= 0.3 is 0 Å². The summed E-state index contributed by atoms with van der Waals surface area (Å²) in [6.07, 6.45) is 2.76. The number of carbonyl (C=O) groups excluding carboxylic acids is 1. The van der Waals surface area contributed by atoms with Crippen LogP contribution in [0.4, 0.5) is 0 Å². The quantitative estimate of drug-likeness (QED) is 0.495. The van der Waals surface area contributed by atoms with Gasteiger partial charge in [0.05, 0.1) is 6.54 Å². The molecule has 0 aliphatic carbocycles. The molecule has 0 unspecified atom stereocenters. The van der Waals surface area contributed by atoms with Crippen molar-refractivity contribution in [3.05, 3.63) is 12.7 Å². The van der Waals surface area contributed by atoms with E-state index in [2.05, 4.69) is 18.8 Å². The van der Waals surface area contributed by atoms with E-state index in [1.165, 1.54) is 0 Å². The number of hydrogen-bond acceptors (Lipinski definition) is 2. The molecular weight excluding hydrogens is 176 g/mol. The lowest BCUT2D eigenvalue weighted by Crippen LogP contribution is -2.42. The van der Waals surface area contributed by atoms with E-state index in [1.54, 1.807) is 6.08 Å². The van der Waals surface area contributed by atoms with E-state index in [4.69, 9.17) is 0 Å². The maximum absolute atomic E-state index is 11.7. The first-order valence-electron chi connectivity index (χ1n) is 5.24. The first-order chi connectivity index (χ1) is 6.63. The molecular formula is C11H22N2O. The third-order valence-electron chi connectivity index (χ3n) is 1.97. The average Bonchev–Trinajstić information content (AvgIpc) is 2.13. The molecule has 0 aromatic carbocycles. The first-order valence-corrected chi connectivity index (χ1v) is 5.24. The molecule has 3 heteroatoms. The summed E-state index contributed by atoms with van der Waals surface area (Å²) < 4.78 is 0. The third kappa shape index (κ3) is 5.02. The van der Waals surface area contributed by atoms with Crippen molar-refractivity contribution in [3.63, 3.8) is 0 Å². The molecule has 14 heavy (non-hydrogen) atoms. The highest BCUT2D eigenvalue weighted by Crippen LogP contribution is 1.99. The average molecular weight is 198 g/mol. The molecule has 0 aliphatic rings. The minimum Gasteiger partial charge on any atom is -0.339 e. The molecule has 3 nitrogen and oxygen atoms in total. The standard InChI is InChI=1S/C11H22N2O/c1-5-7-12-9-11(14)13(8-6-2)10(3)4/h5,10,12H,1,6-9H2,2-4H3. The first kappa shape index (κ1) is 13.2. The van der Waals surface area contributed by atoms with Crippen molar-refractivity contribution in [2.24, 2.45) is 0 Å². The summed E-state index contributed by atoms with van der Waals surface area (Å²) in [4.78, 5) is 13.6. The van der Waals surface area contributed by atoms with Gasteiger partial charge in [0.2, 0.25) is 5.91 Å². The van der Waals surface area contributed by atoms with Crippen molar-refractivity contribution in [3.8, 4) is 0 Å². The summed E-state index contributed by atoms with van der Waals surface area (Å²) >= 11 is 0. The molecule has 0 saturated heterocycles. The molecule has 0 aromatic heterocycles. The molecule has 0 spiro atoms. The topological polar surface area (TPSA) is 32.3 Å². The fourth-order valence-corrected chi connectivity index (χ4v) is 1.29. The minimum atomic E-state index is 0.170. The second-order valence-electron chi connectivity index (χ2n) is 3.60. The predicted octanol–water partition coefficient (Wildman–Crippen LogP) is 1.41. The van der Waals surface area contributed by atoms with E-state index in [1.807, 2.05) is 18.7 Å². The van der Waals surface area contributed by atoms with Crippen LogP contribution in [0.1, 0.15) is 27.2 Å². The van der Waals surface area contributed by atoms with E-state index in [9.17, 15) is 4.79 Å². The van der Waals surface area contributed by atoms with E-state index in [0.29, 0.717) is 13.1 Å². The molecule has 0 fully saturated rings. The van der Waals surface area contributed by atoms with Crippen LogP contribution in [0, 0.1) is 0 Å². The maximum Gasteiger partial charge on any atom is 0.236 e. The molecule has 0 aliphatic heterocycles. The highest BCUT2D eigenvalue weighted by molar-refractivity contribution is 5.78. The highest BCUT2D eigenvalue weighted by atomic mass is 16.2. The Bertz CT molecular complexity index is 178. The molecule has 0 radical (unpaired) electrons. The Kier molecular flexibility index (Phi) is 7.11. The van der Waals surface area contributed by atoms with Crippen LogP contribution in [-0.4, -0.2) is 36.5 Å². The molecule has 1 amide bonds. The van der Waals surface area contributed by atoms with Crippen LogP contribution in [0.2, 0.25) is 0 Å². The number of carbonyl (C=O) groups is 1. The van der Waals surface area contributed by atoms with Gasteiger partial charge < -0.3 is 10.2 Å². The van der Waals surface area contributed by atoms with Crippen LogP contribution in [0.25, 0.3) is 0 Å². The Balaban J connectivity index is 3.95. The van der Waals surface area contributed by atoms with Gasteiger partial charge in [0, 0.05) is 19.1 Å². The van der Waals surface area contributed by atoms with Crippen LogP contribution < -0.4 is 5.32 Å². The molecule has 0 bridgehead atoms. The monoisotopic (exact) mass is 198 g/mol. The SMILES string of the molecule is C=CCNCC(=O)N(CCC)C(C)C. The number of amides is 1. The molecule has 0 rings (SSSR count). The summed E-state index contributed by atoms with van der Waals surface area (Å²) in [5.41, 5.74) is 0. The van der Waals surface area contributed by atoms with E-state index < -0.39 is 0 Å². The Morgan fingerprint density at radius 2 is 2.21 bits per heavy atom. The Labute approximate surface area is 87.2 Å². The van der Waals surface area contributed by atoms with Crippen LogP contribution in [0.5, 0.6) is 0 Å². The van der Waals surface area contributed by atoms with Gasteiger partial charge in [0.25, 0.3) is 0 Å². The van der Waals surface area contributed by atoms with Gasteiger partial charge in [-0.05, 0) is 20.3 Å².